The Morgan fingerprint density at radius 1 is 1.19 bits per heavy atom. The van der Waals surface area contributed by atoms with Crippen molar-refractivity contribution in [2.24, 2.45) is 7.05 Å². The van der Waals surface area contributed by atoms with Gasteiger partial charge in [0.2, 0.25) is 0 Å². The van der Waals surface area contributed by atoms with Gasteiger partial charge in [-0.05, 0) is 18.2 Å². The molecule has 8 nitrogen and oxygen atoms in total. The number of amides is 1. The number of fused-ring (bicyclic) bond motifs is 1. The summed E-state index contributed by atoms with van der Waals surface area (Å²) in [5.74, 6) is 0.803. The molecule has 0 spiro atoms. The fourth-order valence-electron chi connectivity index (χ4n) is 3.23. The maximum atomic E-state index is 12.7. The second kappa shape index (κ2) is 6.44. The lowest BCUT2D eigenvalue weighted by molar-refractivity contribution is 0.0746. The van der Waals surface area contributed by atoms with Gasteiger partial charge in [0.15, 0.2) is 5.65 Å². The summed E-state index contributed by atoms with van der Waals surface area (Å²) in [5, 5.41) is 14.2. The number of carbonyl (C=O) groups is 1. The summed E-state index contributed by atoms with van der Waals surface area (Å²) in [7, 11) is 1.85. The molecular weight excluding hydrogens is 330 g/mol. The highest BCUT2D eigenvalue weighted by Crippen LogP contribution is 2.23. The van der Waals surface area contributed by atoms with Gasteiger partial charge in [-0.2, -0.15) is 10.4 Å². The summed E-state index contributed by atoms with van der Waals surface area (Å²) >= 11 is 0. The fraction of sp³-hybridized carbons (Fsp3) is 0.278. The van der Waals surface area contributed by atoms with Crippen LogP contribution < -0.4 is 4.90 Å². The summed E-state index contributed by atoms with van der Waals surface area (Å²) in [4.78, 5) is 25.3. The first-order valence-corrected chi connectivity index (χ1v) is 8.34. The lowest BCUT2D eigenvalue weighted by Gasteiger charge is -2.35. The largest absolute Gasteiger partial charge is 0.352 e. The number of rotatable bonds is 2. The van der Waals surface area contributed by atoms with Gasteiger partial charge < -0.3 is 9.80 Å². The summed E-state index contributed by atoms with van der Waals surface area (Å²) in [6.45, 7) is 2.57. The average Bonchev–Trinajstić information content (AvgIpc) is 3.09. The molecule has 0 aliphatic carbocycles. The Hall–Kier alpha value is -3.47. The van der Waals surface area contributed by atoms with E-state index in [1.165, 1.54) is 0 Å². The lowest BCUT2D eigenvalue weighted by atomic mass is 10.1. The number of nitrogens with zero attached hydrogens (tertiary/aromatic N) is 7. The van der Waals surface area contributed by atoms with Crippen molar-refractivity contribution in [2.75, 3.05) is 31.1 Å². The van der Waals surface area contributed by atoms with Crippen LogP contribution in [0.5, 0.6) is 0 Å². The molecule has 4 rings (SSSR count). The smallest absolute Gasteiger partial charge is 0.254 e. The molecule has 1 aliphatic heterocycles. The van der Waals surface area contributed by atoms with E-state index in [0.717, 1.165) is 16.9 Å². The Balaban J connectivity index is 1.50. The minimum atomic E-state index is -0.0454. The van der Waals surface area contributed by atoms with E-state index < -0.39 is 0 Å². The van der Waals surface area contributed by atoms with E-state index in [4.69, 9.17) is 5.26 Å². The minimum absolute atomic E-state index is 0.0454. The van der Waals surface area contributed by atoms with E-state index in [9.17, 15) is 4.79 Å². The van der Waals surface area contributed by atoms with E-state index in [1.54, 1.807) is 41.5 Å². The molecule has 8 heteroatoms. The Labute approximate surface area is 150 Å². The highest BCUT2D eigenvalue weighted by atomic mass is 16.2. The van der Waals surface area contributed by atoms with Gasteiger partial charge in [0.25, 0.3) is 5.91 Å². The van der Waals surface area contributed by atoms with Gasteiger partial charge in [-0.25, -0.2) is 9.97 Å². The highest BCUT2D eigenvalue weighted by molar-refractivity contribution is 5.95. The van der Waals surface area contributed by atoms with Crippen molar-refractivity contribution >= 4 is 22.8 Å². The predicted molar refractivity (Wildman–Crippen MR) is 95.6 cm³/mol. The fourth-order valence-corrected chi connectivity index (χ4v) is 3.23. The van der Waals surface area contributed by atoms with Crippen LogP contribution in [-0.4, -0.2) is 56.7 Å². The van der Waals surface area contributed by atoms with Crippen molar-refractivity contribution in [1.29, 1.82) is 5.26 Å². The molecule has 0 atom stereocenters. The Kier molecular flexibility index (Phi) is 3.97. The number of piperazine rings is 1. The number of aromatic nitrogens is 4. The number of carbonyl (C=O) groups excluding carboxylic acids is 1. The minimum Gasteiger partial charge on any atom is -0.352 e. The van der Waals surface area contributed by atoms with E-state index in [2.05, 4.69) is 26.0 Å². The average molecular weight is 347 g/mol. The van der Waals surface area contributed by atoms with E-state index in [0.29, 0.717) is 37.3 Å². The molecule has 1 fully saturated rings. The van der Waals surface area contributed by atoms with Crippen LogP contribution in [0, 0.1) is 11.3 Å². The van der Waals surface area contributed by atoms with Crippen molar-refractivity contribution < 1.29 is 4.79 Å². The highest BCUT2D eigenvalue weighted by Gasteiger charge is 2.24. The Morgan fingerprint density at radius 3 is 2.77 bits per heavy atom. The van der Waals surface area contributed by atoms with Crippen molar-refractivity contribution in [2.45, 2.75) is 0 Å². The zero-order chi connectivity index (χ0) is 18.1. The van der Waals surface area contributed by atoms with Gasteiger partial charge in [0.05, 0.1) is 23.2 Å². The first-order chi connectivity index (χ1) is 12.7. The molecule has 26 heavy (non-hydrogen) atoms. The zero-order valence-corrected chi connectivity index (χ0v) is 14.3. The predicted octanol–water partition coefficient (Wildman–Crippen LogP) is 1.20. The number of nitriles is 1. The van der Waals surface area contributed by atoms with Crippen molar-refractivity contribution in [1.82, 2.24) is 24.6 Å². The molecule has 0 N–H and O–H groups in total. The first-order valence-electron chi connectivity index (χ1n) is 8.34. The van der Waals surface area contributed by atoms with E-state index in [1.807, 2.05) is 11.9 Å². The van der Waals surface area contributed by atoms with Crippen molar-refractivity contribution in [3.63, 3.8) is 0 Å². The van der Waals surface area contributed by atoms with Gasteiger partial charge in [-0.1, -0.05) is 6.07 Å². The van der Waals surface area contributed by atoms with Crippen LogP contribution in [0.15, 0.2) is 36.8 Å². The third kappa shape index (κ3) is 2.73. The molecule has 0 unspecified atom stereocenters. The summed E-state index contributed by atoms with van der Waals surface area (Å²) in [6, 6.07) is 8.89. The third-order valence-electron chi connectivity index (χ3n) is 4.61. The number of hydrogen-bond donors (Lipinski definition) is 0. The molecular formula is C18H17N7O. The summed E-state index contributed by atoms with van der Waals surface area (Å²) in [6.07, 6.45) is 3.32. The quantitative estimate of drug-likeness (QED) is 0.692. The van der Waals surface area contributed by atoms with Crippen LogP contribution in [-0.2, 0) is 7.05 Å². The molecule has 0 radical (unpaired) electrons. The first kappa shape index (κ1) is 16.0. The molecule has 0 saturated carbocycles. The Morgan fingerprint density at radius 2 is 2.00 bits per heavy atom. The molecule has 1 aliphatic rings. The standard InChI is InChI=1S/C18H17N7O/c1-23-16-15(11-22-23)17(21-12-20-16)24-5-7-25(8-6-24)18(26)14-4-2-3-13(9-14)10-19/h2-4,9,11-12H,5-8H2,1H3. The molecule has 3 aromatic rings. The second-order valence-corrected chi connectivity index (χ2v) is 6.17. The van der Waals surface area contributed by atoms with Crippen LogP contribution in [0.2, 0.25) is 0 Å². The zero-order valence-electron chi connectivity index (χ0n) is 14.3. The van der Waals surface area contributed by atoms with Crippen LogP contribution in [0.3, 0.4) is 0 Å². The SMILES string of the molecule is Cn1ncc2c(N3CCN(C(=O)c4cccc(C#N)c4)CC3)ncnc21. The third-order valence-corrected chi connectivity index (χ3v) is 4.61. The van der Waals surface area contributed by atoms with Crippen LogP contribution in [0.25, 0.3) is 11.0 Å². The number of aryl methyl sites for hydroxylation is 1. The second-order valence-electron chi connectivity index (χ2n) is 6.17. The van der Waals surface area contributed by atoms with Crippen LogP contribution >= 0.6 is 0 Å². The monoisotopic (exact) mass is 347 g/mol. The molecule has 2 aromatic heterocycles. The number of anilines is 1. The maximum Gasteiger partial charge on any atom is 0.254 e. The normalized spacial score (nSPS) is 14.5. The molecule has 0 bridgehead atoms. The topological polar surface area (TPSA) is 90.9 Å². The number of hydrogen-bond acceptors (Lipinski definition) is 6. The molecule has 1 aromatic carbocycles. The van der Waals surface area contributed by atoms with Gasteiger partial charge in [0.1, 0.15) is 12.1 Å². The van der Waals surface area contributed by atoms with Gasteiger partial charge in [-0.3, -0.25) is 9.48 Å². The Bertz CT molecular complexity index is 1010. The molecule has 3 heterocycles. The molecule has 1 saturated heterocycles. The summed E-state index contributed by atoms with van der Waals surface area (Å²) in [5.41, 5.74) is 1.84. The lowest BCUT2D eigenvalue weighted by Crippen LogP contribution is -2.49. The van der Waals surface area contributed by atoms with Gasteiger partial charge in [-0.15, -0.1) is 0 Å². The van der Waals surface area contributed by atoms with Crippen LogP contribution in [0.4, 0.5) is 5.82 Å². The van der Waals surface area contributed by atoms with Crippen LogP contribution in [0.1, 0.15) is 15.9 Å². The van der Waals surface area contributed by atoms with Crippen molar-refractivity contribution in [3.8, 4) is 6.07 Å². The van der Waals surface area contributed by atoms with E-state index >= 15 is 0 Å². The maximum absolute atomic E-state index is 12.7. The van der Waals surface area contributed by atoms with Gasteiger partial charge >= 0.3 is 0 Å². The van der Waals surface area contributed by atoms with Crippen molar-refractivity contribution in [3.05, 3.63) is 47.9 Å². The number of benzene rings is 1. The van der Waals surface area contributed by atoms with Gasteiger partial charge in [0, 0.05) is 38.8 Å². The molecule has 130 valence electrons. The van der Waals surface area contributed by atoms with E-state index in [-0.39, 0.29) is 5.91 Å². The summed E-state index contributed by atoms with van der Waals surface area (Å²) < 4.78 is 1.72. The molecule has 1 amide bonds.